The summed E-state index contributed by atoms with van der Waals surface area (Å²) in [4.78, 5) is 28.5. The van der Waals surface area contributed by atoms with Crippen LogP contribution in [0.25, 0.3) is 0 Å². The van der Waals surface area contributed by atoms with E-state index in [2.05, 4.69) is 56.9 Å². The molecule has 220 valence electrons. The molecule has 0 aromatic rings. The Hall–Kier alpha value is -1.98. The molecular weight excluding hydrogens is 486 g/mol. The lowest BCUT2D eigenvalue weighted by Crippen LogP contribution is -2.32. The molecule has 0 saturated heterocycles. The lowest BCUT2D eigenvalue weighted by Gasteiger charge is -2.33. The van der Waals surface area contributed by atoms with Gasteiger partial charge in [0.1, 0.15) is 6.10 Å². The largest absolute Gasteiger partial charge is 0.462 e. The minimum absolute atomic E-state index is 0.0335. The van der Waals surface area contributed by atoms with Gasteiger partial charge in [0.05, 0.1) is 0 Å². The van der Waals surface area contributed by atoms with Gasteiger partial charge < -0.3 is 9.84 Å². The number of allylic oxidation sites excluding steroid dienone is 6. The van der Waals surface area contributed by atoms with Gasteiger partial charge in [-0.3, -0.25) is 14.5 Å². The third-order valence-electron chi connectivity index (χ3n) is 8.30. The summed E-state index contributed by atoms with van der Waals surface area (Å²) in [6.07, 6.45) is 20.0. The van der Waals surface area contributed by atoms with E-state index in [1.807, 2.05) is 19.9 Å². The molecule has 0 radical (unpaired) electrons. The van der Waals surface area contributed by atoms with Gasteiger partial charge in [0.15, 0.2) is 5.78 Å². The molecule has 39 heavy (non-hydrogen) atoms. The highest BCUT2D eigenvalue weighted by Crippen LogP contribution is 2.35. The van der Waals surface area contributed by atoms with E-state index in [4.69, 9.17) is 4.74 Å². The zero-order valence-electron chi connectivity index (χ0n) is 25.6. The van der Waals surface area contributed by atoms with Crippen molar-refractivity contribution >= 4 is 11.8 Å². The Labute approximate surface area is 238 Å². The first-order valence-corrected chi connectivity index (χ1v) is 15.4. The predicted molar refractivity (Wildman–Crippen MR) is 161 cm³/mol. The molecule has 0 amide bonds. The smallest absolute Gasteiger partial charge is 0.306 e. The van der Waals surface area contributed by atoms with Crippen LogP contribution >= 0.6 is 0 Å². The Kier molecular flexibility index (Phi) is 14.5. The first kappa shape index (κ1) is 33.2. The molecule has 5 atom stereocenters. The molecule has 2 aliphatic rings. The van der Waals surface area contributed by atoms with Crippen LogP contribution in [0, 0.1) is 23.2 Å². The minimum atomic E-state index is -0.311. The van der Waals surface area contributed by atoms with E-state index in [1.54, 1.807) is 6.08 Å². The second kappa shape index (κ2) is 17.0. The van der Waals surface area contributed by atoms with E-state index in [9.17, 15) is 14.7 Å². The molecule has 5 heteroatoms. The molecule has 5 nitrogen and oxygen atoms in total. The number of cyclic esters (lactones) is 1. The number of ketones is 1. The van der Waals surface area contributed by atoms with Gasteiger partial charge in [0, 0.05) is 31.4 Å². The molecule has 0 aromatic heterocycles. The Balaban J connectivity index is 2.25. The molecule has 2 rings (SSSR count). The van der Waals surface area contributed by atoms with Crippen molar-refractivity contribution in [3.63, 3.8) is 0 Å². The van der Waals surface area contributed by atoms with Crippen LogP contribution in [0.15, 0.2) is 47.6 Å². The summed E-state index contributed by atoms with van der Waals surface area (Å²) >= 11 is 0. The lowest BCUT2D eigenvalue weighted by atomic mass is 9.75. The second-order valence-electron chi connectivity index (χ2n) is 12.4. The van der Waals surface area contributed by atoms with Gasteiger partial charge in [-0.25, -0.2) is 0 Å². The van der Waals surface area contributed by atoms with Crippen molar-refractivity contribution in [1.29, 1.82) is 0 Å². The molecule has 1 aliphatic heterocycles. The fourth-order valence-corrected chi connectivity index (χ4v) is 6.11. The fraction of sp³-hybridized carbons (Fsp3) is 0.706. The maximum atomic E-state index is 13.2. The maximum absolute atomic E-state index is 13.2. The van der Waals surface area contributed by atoms with Gasteiger partial charge in [-0.15, -0.1) is 0 Å². The number of ether oxygens (including phenoxy) is 1. The number of carbonyl (C=O) groups excluding carboxylic acids is 2. The van der Waals surface area contributed by atoms with Crippen LogP contribution in [0.3, 0.4) is 0 Å². The highest BCUT2D eigenvalue weighted by Gasteiger charge is 2.29. The lowest BCUT2D eigenvalue weighted by molar-refractivity contribution is -0.153. The van der Waals surface area contributed by atoms with E-state index < -0.39 is 0 Å². The minimum Gasteiger partial charge on any atom is -0.462 e. The Morgan fingerprint density at radius 2 is 1.87 bits per heavy atom. The van der Waals surface area contributed by atoms with E-state index in [0.717, 1.165) is 57.3 Å². The van der Waals surface area contributed by atoms with E-state index in [1.165, 1.54) is 5.57 Å². The number of hydrogen-bond acceptors (Lipinski definition) is 5. The molecule has 3 unspecified atom stereocenters. The number of nitrogens with zero attached hydrogens (tertiary/aromatic N) is 1. The number of rotatable bonds is 9. The third-order valence-corrected chi connectivity index (χ3v) is 8.30. The van der Waals surface area contributed by atoms with E-state index >= 15 is 0 Å². The zero-order chi connectivity index (χ0) is 28.8. The van der Waals surface area contributed by atoms with Crippen molar-refractivity contribution in [2.45, 2.75) is 105 Å². The topological polar surface area (TPSA) is 66.8 Å². The molecule has 0 aromatic carbocycles. The van der Waals surface area contributed by atoms with Crippen LogP contribution in [0.5, 0.6) is 0 Å². The standard InChI is InChI=1S/C34H55NO4/c1-7-19-35(24-29-12-10-9-11-13-29)20-18-34(6)22-27(4)15-17-33(38)39-32(8-2)30(25-36)21-26(3)14-16-31(37)28(5)23-34/h10,12-14,16,22,26,28,30,32,36H,7-9,11,15,17-21,23-25H2,1-6H3/b16-14+,27-22+/t26?,28-,30-,32?,34?/m1/s1. The number of hydrogen-bond donors (Lipinski definition) is 1. The molecular formula is C34H55NO4. The van der Waals surface area contributed by atoms with Crippen molar-refractivity contribution in [2.24, 2.45) is 23.2 Å². The second-order valence-corrected chi connectivity index (χ2v) is 12.4. The highest BCUT2D eigenvalue weighted by molar-refractivity contribution is 5.91. The predicted octanol–water partition coefficient (Wildman–Crippen LogP) is 7.22. The van der Waals surface area contributed by atoms with E-state index in [-0.39, 0.29) is 47.6 Å². The summed E-state index contributed by atoms with van der Waals surface area (Å²) in [6, 6.07) is 0. The number of carbonyl (C=O) groups is 2. The van der Waals surface area contributed by atoms with Crippen LogP contribution in [-0.2, 0) is 14.3 Å². The molecule has 1 heterocycles. The van der Waals surface area contributed by atoms with Crippen molar-refractivity contribution in [3.05, 3.63) is 47.6 Å². The quantitative estimate of drug-likeness (QED) is 0.247. The monoisotopic (exact) mass is 541 g/mol. The molecule has 1 aliphatic carbocycles. The molecule has 0 fully saturated rings. The Morgan fingerprint density at radius 1 is 1.10 bits per heavy atom. The van der Waals surface area contributed by atoms with Crippen molar-refractivity contribution in [2.75, 3.05) is 26.2 Å². The Morgan fingerprint density at radius 3 is 2.51 bits per heavy atom. The van der Waals surface area contributed by atoms with Crippen LogP contribution in [0.4, 0.5) is 0 Å². The first-order valence-electron chi connectivity index (χ1n) is 15.4. The summed E-state index contributed by atoms with van der Waals surface area (Å²) in [7, 11) is 0. The summed E-state index contributed by atoms with van der Waals surface area (Å²) in [5.74, 6) is -0.159. The van der Waals surface area contributed by atoms with Crippen LogP contribution in [0.2, 0.25) is 0 Å². The van der Waals surface area contributed by atoms with Crippen molar-refractivity contribution < 1.29 is 19.4 Å². The fourth-order valence-electron chi connectivity index (χ4n) is 6.11. The number of esters is 1. The van der Waals surface area contributed by atoms with Gasteiger partial charge in [0.2, 0.25) is 0 Å². The molecule has 0 bridgehead atoms. The summed E-state index contributed by atoms with van der Waals surface area (Å²) in [5, 5.41) is 9.99. The number of aliphatic hydroxyl groups excluding tert-OH is 1. The summed E-state index contributed by atoms with van der Waals surface area (Å²) in [6.45, 7) is 15.7. The average molecular weight is 542 g/mol. The maximum Gasteiger partial charge on any atom is 0.306 e. The normalized spacial score (nSPS) is 31.9. The van der Waals surface area contributed by atoms with Crippen LogP contribution in [0.1, 0.15) is 99.3 Å². The average Bonchev–Trinajstić information content (AvgIpc) is 2.91. The summed E-state index contributed by atoms with van der Waals surface area (Å²) < 4.78 is 5.83. The number of aliphatic hydroxyl groups is 1. The Bertz CT molecular complexity index is 901. The van der Waals surface area contributed by atoms with Crippen LogP contribution < -0.4 is 0 Å². The van der Waals surface area contributed by atoms with Gasteiger partial charge in [-0.1, -0.05) is 70.6 Å². The van der Waals surface area contributed by atoms with Crippen molar-refractivity contribution in [3.8, 4) is 0 Å². The van der Waals surface area contributed by atoms with E-state index in [0.29, 0.717) is 25.7 Å². The molecule has 0 saturated carbocycles. The zero-order valence-corrected chi connectivity index (χ0v) is 25.6. The highest BCUT2D eigenvalue weighted by atomic mass is 16.5. The third kappa shape index (κ3) is 12.0. The molecule has 1 N–H and O–H groups in total. The van der Waals surface area contributed by atoms with Crippen molar-refractivity contribution in [1.82, 2.24) is 4.90 Å². The van der Waals surface area contributed by atoms with Gasteiger partial charge in [-0.05, 0) is 94.4 Å². The molecule has 0 spiro atoms. The SMILES string of the molecule is CCCN(CCC1(C)/C=C(\C)CCC(=O)OC(CC)[C@@H](CO)CC(C)/C=C/C(=O)[C@H](C)C1)CC1=CCCC=C1. The van der Waals surface area contributed by atoms with Crippen LogP contribution in [-0.4, -0.2) is 54.1 Å². The van der Waals surface area contributed by atoms with Gasteiger partial charge in [0.25, 0.3) is 0 Å². The first-order chi connectivity index (χ1) is 18.6. The van der Waals surface area contributed by atoms with Gasteiger partial charge in [-0.2, -0.15) is 0 Å². The summed E-state index contributed by atoms with van der Waals surface area (Å²) in [5.41, 5.74) is 2.41. The van der Waals surface area contributed by atoms with Gasteiger partial charge >= 0.3 is 5.97 Å².